The number of halogens is 1. The number of hydrogen-bond acceptors (Lipinski definition) is 4. The SMILES string of the molecule is N#Cc1cc(NC(=O)N2CCSCC2C(=O)O)ccc1F. The first-order valence-electron chi connectivity index (χ1n) is 6.10. The van der Waals surface area contributed by atoms with Crippen LogP contribution in [-0.4, -0.2) is 46.1 Å². The number of carbonyl (C=O) groups is 2. The van der Waals surface area contributed by atoms with Crippen LogP contribution in [0.5, 0.6) is 0 Å². The molecule has 0 spiro atoms. The summed E-state index contributed by atoms with van der Waals surface area (Å²) in [5.74, 6) is -0.748. The Labute approximate surface area is 124 Å². The van der Waals surface area contributed by atoms with E-state index >= 15 is 0 Å². The number of thioether (sulfide) groups is 1. The molecule has 110 valence electrons. The van der Waals surface area contributed by atoms with Crippen LogP contribution in [0.2, 0.25) is 0 Å². The Morgan fingerprint density at radius 3 is 2.95 bits per heavy atom. The lowest BCUT2D eigenvalue weighted by Gasteiger charge is -2.32. The molecule has 1 aromatic rings. The van der Waals surface area contributed by atoms with E-state index in [1.54, 1.807) is 6.07 Å². The fraction of sp³-hybridized carbons (Fsp3) is 0.308. The van der Waals surface area contributed by atoms with Gasteiger partial charge < -0.3 is 15.3 Å². The standard InChI is InChI=1S/C13H12FN3O3S/c14-10-2-1-9(5-8(10)6-15)16-13(20)17-3-4-21-7-11(17)12(18)19/h1-2,5,11H,3-4,7H2,(H,16,20)(H,18,19). The summed E-state index contributed by atoms with van der Waals surface area (Å²) in [5, 5.41) is 20.4. The van der Waals surface area contributed by atoms with Crippen LogP contribution >= 0.6 is 11.8 Å². The van der Waals surface area contributed by atoms with Crippen molar-refractivity contribution >= 4 is 29.4 Å². The van der Waals surface area contributed by atoms with Gasteiger partial charge in [-0.05, 0) is 18.2 Å². The number of carbonyl (C=O) groups excluding carboxylic acids is 1. The summed E-state index contributed by atoms with van der Waals surface area (Å²) in [6, 6.07) is 3.83. The van der Waals surface area contributed by atoms with Crippen molar-refractivity contribution in [3.63, 3.8) is 0 Å². The molecule has 2 amide bonds. The monoisotopic (exact) mass is 309 g/mol. The van der Waals surface area contributed by atoms with Crippen molar-refractivity contribution in [2.75, 3.05) is 23.4 Å². The van der Waals surface area contributed by atoms with E-state index in [-0.39, 0.29) is 11.3 Å². The molecule has 1 atom stereocenters. The largest absolute Gasteiger partial charge is 0.480 e. The van der Waals surface area contributed by atoms with Gasteiger partial charge in [0.2, 0.25) is 0 Å². The van der Waals surface area contributed by atoms with Crippen LogP contribution in [0.15, 0.2) is 18.2 Å². The van der Waals surface area contributed by atoms with Gasteiger partial charge >= 0.3 is 12.0 Å². The van der Waals surface area contributed by atoms with Gasteiger partial charge in [-0.25, -0.2) is 14.0 Å². The van der Waals surface area contributed by atoms with Gasteiger partial charge in [-0.3, -0.25) is 0 Å². The number of carboxylic acids is 1. The van der Waals surface area contributed by atoms with Gasteiger partial charge in [0.1, 0.15) is 17.9 Å². The molecule has 1 aromatic carbocycles. The normalized spacial score (nSPS) is 17.9. The molecule has 0 bridgehead atoms. The number of rotatable bonds is 2. The molecule has 1 saturated heterocycles. The van der Waals surface area contributed by atoms with Crippen molar-refractivity contribution in [2.24, 2.45) is 0 Å². The lowest BCUT2D eigenvalue weighted by atomic mass is 10.2. The lowest BCUT2D eigenvalue weighted by molar-refractivity contribution is -0.141. The van der Waals surface area contributed by atoms with Crippen molar-refractivity contribution in [3.05, 3.63) is 29.6 Å². The van der Waals surface area contributed by atoms with Gasteiger partial charge in [0.15, 0.2) is 0 Å². The van der Waals surface area contributed by atoms with Gasteiger partial charge in [0.05, 0.1) is 5.56 Å². The molecule has 1 unspecified atom stereocenters. The number of anilines is 1. The Morgan fingerprint density at radius 1 is 1.52 bits per heavy atom. The van der Waals surface area contributed by atoms with E-state index in [4.69, 9.17) is 10.4 Å². The fourth-order valence-corrected chi connectivity index (χ4v) is 2.97. The number of amides is 2. The third kappa shape index (κ3) is 3.44. The first kappa shape index (κ1) is 15.1. The van der Waals surface area contributed by atoms with E-state index in [9.17, 15) is 14.0 Å². The van der Waals surface area contributed by atoms with Crippen LogP contribution in [0.25, 0.3) is 0 Å². The van der Waals surface area contributed by atoms with Crippen LogP contribution in [0.1, 0.15) is 5.56 Å². The number of nitrogens with zero attached hydrogens (tertiary/aromatic N) is 2. The second-order valence-electron chi connectivity index (χ2n) is 4.36. The quantitative estimate of drug-likeness (QED) is 0.868. The first-order valence-corrected chi connectivity index (χ1v) is 7.26. The molecular formula is C13H12FN3O3S. The van der Waals surface area contributed by atoms with E-state index in [2.05, 4.69) is 5.32 Å². The molecule has 2 rings (SSSR count). The van der Waals surface area contributed by atoms with Gasteiger partial charge in [0.25, 0.3) is 0 Å². The average Bonchev–Trinajstić information content (AvgIpc) is 2.49. The molecule has 0 aromatic heterocycles. The minimum Gasteiger partial charge on any atom is -0.480 e. The summed E-state index contributed by atoms with van der Waals surface area (Å²) >= 11 is 1.47. The van der Waals surface area contributed by atoms with Gasteiger partial charge in [-0.1, -0.05) is 0 Å². The Balaban J connectivity index is 2.13. The summed E-state index contributed by atoms with van der Waals surface area (Å²) in [5.41, 5.74) is 0.0668. The predicted octanol–water partition coefficient (Wildman–Crippen LogP) is 1.73. The number of urea groups is 1. The van der Waals surface area contributed by atoms with Gasteiger partial charge in [0, 0.05) is 23.7 Å². The zero-order chi connectivity index (χ0) is 15.4. The minimum atomic E-state index is -1.06. The number of benzene rings is 1. The Morgan fingerprint density at radius 2 is 2.29 bits per heavy atom. The van der Waals surface area contributed by atoms with E-state index in [0.717, 1.165) is 6.07 Å². The molecule has 1 aliphatic rings. The molecular weight excluding hydrogens is 297 g/mol. The zero-order valence-corrected chi connectivity index (χ0v) is 11.7. The number of nitriles is 1. The fourth-order valence-electron chi connectivity index (χ4n) is 1.94. The number of hydrogen-bond donors (Lipinski definition) is 2. The van der Waals surface area contributed by atoms with Gasteiger partial charge in [-0.2, -0.15) is 17.0 Å². The van der Waals surface area contributed by atoms with E-state index < -0.39 is 23.9 Å². The van der Waals surface area contributed by atoms with Crippen LogP contribution < -0.4 is 5.32 Å². The molecule has 0 radical (unpaired) electrons. The smallest absolute Gasteiger partial charge is 0.327 e. The molecule has 1 fully saturated rings. The van der Waals surface area contributed by atoms with Crippen molar-refractivity contribution < 1.29 is 19.1 Å². The summed E-state index contributed by atoms with van der Waals surface area (Å²) < 4.78 is 13.2. The average molecular weight is 309 g/mol. The molecule has 21 heavy (non-hydrogen) atoms. The third-order valence-electron chi connectivity index (χ3n) is 3.01. The molecule has 8 heteroatoms. The number of nitrogens with one attached hydrogen (secondary N) is 1. The summed E-state index contributed by atoms with van der Waals surface area (Å²) in [4.78, 5) is 24.5. The van der Waals surface area contributed by atoms with E-state index in [0.29, 0.717) is 18.1 Å². The van der Waals surface area contributed by atoms with Crippen LogP contribution in [-0.2, 0) is 4.79 Å². The second kappa shape index (κ2) is 6.45. The zero-order valence-electron chi connectivity index (χ0n) is 10.9. The molecule has 0 aliphatic carbocycles. The Kier molecular flexibility index (Phi) is 4.65. The highest BCUT2D eigenvalue weighted by Crippen LogP contribution is 2.19. The number of carboxylic acid groups (broad SMARTS) is 1. The van der Waals surface area contributed by atoms with Crippen molar-refractivity contribution in [1.82, 2.24) is 4.90 Å². The molecule has 1 aliphatic heterocycles. The maximum absolute atomic E-state index is 13.2. The minimum absolute atomic E-state index is 0.184. The second-order valence-corrected chi connectivity index (χ2v) is 5.51. The summed E-state index contributed by atoms with van der Waals surface area (Å²) in [6.07, 6.45) is 0. The molecule has 0 saturated carbocycles. The highest BCUT2D eigenvalue weighted by molar-refractivity contribution is 7.99. The van der Waals surface area contributed by atoms with E-state index in [1.165, 1.54) is 28.8 Å². The Hall–Kier alpha value is -2.27. The third-order valence-corrected chi connectivity index (χ3v) is 4.04. The highest BCUT2D eigenvalue weighted by Gasteiger charge is 2.32. The van der Waals surface area contributed by atoms with Crippen molar-refractivity contribution in [1.29, 1.82) is 5.26 Å². The van der Waals surface area contributed by atoms with Crippen LogP contribution in [0.4, 0.5) is 14.9 Å². The maximum atomic E-state index is 13.2. The maximum Gasteiger partial charge on any atom is 0.327 e. The van der Waals surface area contributed by atoms with E-state index in [1.807, 2.05) is 0 Å². The first-order chi connectivity index (χ1) is 10.0. The Bertz CT molecular complexity index is 617. The molecule has 2 N–H and O–H groups in total. The summed E-state index contributed by atoms with van der Waals surface area (Å²) in [6.45, 7) is 0.319. The molecule has 1 heterocycles. The van der Waals surface area contributed by atoms with Crippen LogP contribution in [0, 0.1) is 17.1 Å². The topological polar surface area (TPSA) is 93.4 Å². The predicted molar refractivity (Wildman–Crippen MR) is 75.6 cm³/mol. The highest BCUT2D eigenvalue weighted by atomic mass is 32.2. The lowest BCUT2D eigenvalue weighted by Crippen LogP contribution is -2.51. The summed E-state index contributed by atoms with van der Waals surface area (Å²) in [7, 11) is 0. The van der Waals surface area contributed by atoms with Crippen LogP contribution in [0.3, 0.4) is 0 Å². The van der Waals surface area contributed by atoms with Gasteiger partial charge in [-0.15, -0.1) is 0 Å². The van der Waals surface area contributed by atoms with Crippen molar-refractivity contribution in [3.8, 4) is 6.07 Å². The molecule has 6 nitrogen and oxygen atoms in total. The van der Waals surface area contributed by atoms with Crippen molar-refractivity contribution in [2.45, 2.75) is 6.04 Å². The number of aliphatic carboxylic acids is 1.